The maximum absolute atomic E-state index is 11.1. The van der Waals surface area contributed by atoms with Crippen LogP contribution >= 0.6 is 11.3 Å². The summed E-state index contributed by atoms with van der Waals surface area (Å²) in [4.78, 5) is 5.04. The van der Waals surface area contributed by atoms with Gasteiger partial charge in [0.15, 0.2) is 7.28 Å². The van der Waals surface area contributed by atoms with Crippen molar-refractivity contribution in [2.45, 2.75) is 56.9 Å². The SMILES string of the molecule is OC1([B]CN2CCN(c3cccc4sccc34)CC2)CCCCCCCC1. The molecule has 1 aliphatic heterocycles. The minimum absolute atomic E-state index is 0.538. The molecule has 4 rings (SSSR count). The molecule has 1 saturated carbocycles. The molecule has 0 spiro atoms. The minimum Gasteiger partial charge on any atom is -0.399 e. The third kappa shape index (κ3) is 4.88. The van der Waals surface area contributed by atoms with Crippen LogP contribution in [0.25, 0.3) is 10.1 Å². The number of piperazine rings is 1. The Morgan fingerprint density at radius 2 is 1.63 bits per heavy atom. The lowest BCUT2D eigenvalue weighted by atomic mass is 9.56. The van der Waals surface area contributed by atoms with Gasteiger partial charge in [0.25, 0.3) is 0 Å². The summed E-state index contributed by atoms with van der Waals surface area (Å²) < 4.78 is 1.38. The molecule has 27 heavy (non-hydrogen) atoms. The quantitative estimate of drug-likeness (QED) is 0.787. The van der Waals surface area contributed by atoms with E-state index in [-0.39, 0.29) is 0 Å². The fraction of sp³-hybridized carbons (Fsp3) is 0.636. The van der Waals surface area contributed by atoms with E-state index in [1.807, 2.05) is 11.3 Å². The Balaban J connectivity index is 1.29. The first-order valence-electron chi connectivity index (χ1n) is 10.7. The standard InChI is InChI=1S/C22H32BN2OS/c26-22(11-5-3-1-2-4-6-12-22)23-18-24-13-15-25(16-14-24)20-8-7-9-21-19(20)10-17-27-21/h7-10,17,26H,1-6,11-16,18H2. The van der Waals surface area contributed by atoms with Gasteiger partial charge in [-0.3, -0.25) is 0 Å². The van der Waals surface area contributed by atoms with E-state index >= 15 is 0 Å². The highest BCUT2D eigenvalue weighted by molar-refractivity contribution is 7.17. The molecular formula is C22H32BN2OS. The zero-order chi connectivity index (χ0) is 18.5. The average Bonchev–Trinajstić information content (AvgIpc) is 3.20. The molecule has 1 saturated heterocycles. The van der Waals surface area contributed by atoms with Crippen LogP contribution in [0.5, 0.6) is 0 Å². The highest BCUT2D eigenvalue weighted by atomic mass is 32.1. The van der Waals surface area contributed by atoms with Crippen molar-refractivity contribution in [3.8, 4) is 0 Å². The second-order valence-corrected chi connectivity index (χ2v) is 9.27. The summed E-state index contributed by atoms with van der Waals surface area (Å²) in [5, 5.41) is 14.6. The van der Waals surface area contributed by atoms with Gasteiger partial charge in [-0.05, 0) is 42.9 Å². The number of hydrogen-bond donors (Lipinski definition) is 1. The number of thiophene rings is 1. The Hall–Kier alpha value is -1.04. The van der Waals surface area contributed by atoms with Gasteiger partial charge < -0.3 is 14.9 Å². The van der Waals surface area contributed by atoms with Crippen molar-refractivity contribution in [2.24, 2.45) is 0 Å². The second-order valence-electron chi connectivity index (χ2n) is 8.33. The smallest absolute Gasteiger partial charge is 0.171 e. The predicted octanol–water partition coefficient (Wildman–Crippen LogP) is 4.51. The summed E-state index contributed by atoms with van der Waals surface area (Å²) in [6.07, 6.45) is 10.4. The fourth-order valence-electron chi connectivity index (χ4n) is 4.62. The molecule has 5 heteroatoms. The van der Waals surface area contributed by atoms with Crippen molar-refractivity contribution < 1.29 is 5.11 Å². The average molecular weight is 383 g/mol. The third-order valence-corrected chi connectivity index (χ3v) is 7.27. The van der Waals surface area contributed by atoms with E-state index in [9.17, 15) is 5.11 Å². The minimum atomic E-state index is -0.538. The van der Waals surface area contributed by atoms with Crippen LogP contribution in [-0.4, -0.2) is 55.4 Å². The zero-order valence-electron chi connectivity index (χ0n) is 16.4. The molecule has 2 aliphatic rings. The number of hydrogen-bond acceptors (Lipinski definition) is 4. The van der Waals surface area contributed by atoms with Crippen molar-refractivity contribution >= 4 is 34.4 Å². The summed E-state index contributed by atoms with van der Waals surface area (Å²) in [5.41, 5.74) is 0.844. The highest BCUT2D eigenvalue weighted by Crippen LogP contribution is 2.31. The van der Waals surface area contributed by atoms with E-state index in [1.54, 1.807) is 0 Å². The highest BCUT2D eigenvalue weighted by Gasteiger charge is 2.29. The number of anilines is 1. The van der Waals surface area contributed by atoms with Crippen LogP contribution in [0.1, 0.15) is 51.4 Å². The van der Waals surface area contributed by atoms with Gasteiger partial charge in [-0.2, -0.15) is 0 Å². The summed E-state index contributed by atoms with van der Waals surface area (Å²) >= 11 is 1.82. The summed E-state index contributed by atoms with van der Waals surface area (Å²) in [6.45, 7) is 4.29. The summed E-state index contributed by atoms with van der Waals surface area (Å²) in [6, 6.07) is 8.91. The van der Waals surface area contributed by atoms with E-state index < -0.39 is 5.50 Å². The predicted molar refractivity (Wildman–Crippen MR) is 118 cm³/mol. The van der Waals surface area contributed by atoms with Gasteiger partial charge in [0, 0.05) is 47.5 Å². The first-order chi connectivity index (χ1) is 13.2. The molecule has 0 amide bonds. The Morgan fingerprint density at radius 1 is 0.926 bits per heavy atom. The van der Waals surface area contributed by atoms with Gasteiger partial charge in [0.2, 0.25) is 0 Å². The number of fused-ring (bicyclic) bond motifs is 1. The number of nitrogens with zero attached hydrogens (tertiary/aromatic N) is 2. The number of aliphatic hydroxyl groups is 1. The molecule has 145 valence electrons. The van der Waals surface area contributed by atoms with Gasteiger partial charge in [-0.15, -0.1) is 11.3 Å². The van der Waals surface area contributed by atoms with Crippen LogP contribution in [0.4, 0.5) is 5.69 Å². The molecule has 0 atom stereocenters. The van der Waals surface area contributed by atoms with Crippen LogP contribution in [0, 0.1) is 0 Å². The molecule has 0 bridgehead atoms. The Bertz CT molecular complexity index is 716. The van der Waals surface area contributed by atoms with Gasteiger partial charge in [0.1, 0.15) is 0 Å². The van der Waals surface area contributed by atoms with E-state index in [4.69, 9.17) is 0 Å². The first kappa shape index (κ1) is 19.3. The van der Waals surface area contributed by atoms with Crippen LogP contribution in [0.15, 0.2) is 29.6 Å². The van der Waals surface area contributed by atoms with E-state index in [2.05, 4.69) is 46.7 Å². The molecule has 2 heterocycles. The lowest BCUT2D eigenvalue weighted by Gasteiger charge is -2.38. The molecule has 1 N–H and O–H groups in total. The third-order valence-electron chi connectivity index (χ3n) is 6.38. The maximum Gasteiger partial charge on any atom is 0.171 e. The van der Waals surface area contributed by atoms with Crippen molar-refractivity contribution in [2.75, 3.05) is 37.5 Å². The van der Waals surface area contributed by atoms with Gasteiger partial charge in [-0.25, -0.2) is 0 Å². The molecule has 2 aromatic rings. The van der Waals surface area contributed by atoms with Crippen LogP contribution in [-0.2, 0) is 0 Å². The zero-order valence-corrected chi connectivity index (χ0v) is 17.2. The molecular weight excluding hydrogens is 351 g/mol. The fourth-order valence-corrected chi connectivity index (χ4v) is 5.43. The number of benzene rings is 1. The Labute approximate surface area is 168 Å². The monoisotopic (exact) mass is 383 g/mol. The Morgan fingerprint density at radius 3 is 2.37 bits per heavy atom. The van der Waals surface area contributed by atoms with E-state index in [1.165, 1.54) is 54.3 Å². The van der Waals surface area contributed by atoms with Crippen molar-refractivity contribution in [1.82, 2.24) is 4.90 Å². The van der Waals surface area contributed by atoms with E-state index in [0.29, 0.717) is 0 Å². The Kier molecular flexibility index (Phi) is 6.41. The molecule has 1 aliphatic carbocycles. The molecule has 1 aromatic carbocycles. The molecule has 1 aromatic heterocycles. The lowest BCUT2D eigenvalue weighted by Crippen LogP contribution is -2.50. The van der Waals surface area contributed by atoms with Crippen molar-refractivity contribution in [3.05, 3.63) is 29.6 Å². The molecule has 3 nitrogen and oxygen atoms in total. The number of rotatable bonds is 4. The first-order valence-corrected chi connectivity index (χ1v) is 11.6. The normalized spacial score (nSPS) is 22.2. The molecule has 2 fully saturated rings. The van der Waals surface area contributed by atoms with Crippen molar-refractivity contribution in [3.63, 3.8) is 0 Å². The van der Waals surface area contributed by atoms with Gasteiger partial charge in [-0.1, -0.05) is 44.6 Å². The maximum atomic E-state index is 11.1. The molecule has 0 unspecified atom stereocenters. The summed E-state index contributed by atoms with van der Waals surface area (Å²) in [7, 11) is 2.23. The van der Waals surface area contributed by atoms with Crippen LogP contribution in [0.2, 0.25) is 0 Å². The van der Waals surface area contributed by atoms with Crippen LogP contribution < -0.4 is 4.90 Å². The van der Waals surface area contributed by atoms with Crippen molar-refractivity contribution in [1.29, 1.82) is 0 Å². The van der Waals surface area contributed by atoms with Crippen LogP contribution in [0.3, 0.4) is 0 Å². The van der Waals surface area contributed by atoms with Gasteiger partial charge in [0.05, 0.1) is 0 Å². The summed E-state index contributed by atoms with van der Waals surface area (Å²) in [5.74, 6) is 0. The van der Waals surface area contributed by atoms with E-state index in [0.717, 1.165) is 45.5 Å². The van der Waals surface area contributed by atoms with Gasteiger partial charge >= 0.3 is 0 Å². The lowest BCUT2D eigenvalue weighted by molar-refractivity contribution is 0.0972. The topological polar surface area (TPSA) is 26.7 Å². The second kappa shape index (κ2) is 8.98. The largest absolute Gasteiger partial charge is 0.399 e. The molecule has 1 radical (unpaired) electrons.